The Morgan fingerprint density at radius 2 is 2.25 bits per heavy atom. The van der Waals surface area contributed by atoms with Crippen molar-refractivity contribution in [2.24, 2.45) is 5.73 Å². The number of piperazine rings is 1. The fourth-order valence-corrected chi connectivity index (χ4v) is 1.63. The fraction of sp³-hybridized carbons (Fsp3) is 0.700. The maximum Gasteiger partial charge on any atom is 0.249 e. The summed E-state index contributed by atoms with van der Waals surface area (Å²) in [5.41, 5.74) is 5.68. The van der Waals surface area contributed by atoms with Gasteiger partial charge >= 0.3 is 0 Å². The molecule has 2 atom stereocenters. The molecule has 0 aliphatic carbocycles. The lowest BCUT2D eigenvalue weighted by atomic mass is 10.1. The summed E-state index contributed by atoms with van der Waals surface area (Å²) in [6, 6.07) is -1.26. The molecule has 0 aromatic carbocycles. The smallest absolute Gasteiger partial charge is 0.249 e. The van der Waals surface area contributed by atoms with E-state index in [0.717, 1.165) is 6.42 Å². The molecule has 0 aromatic heterocycles. The number of nitrogens with one attached hydrogen (secondary N) is 1. The number of nitrogens with zero attached hydrogens (tertiary/aromatic N) is 1. The van der Waals surface area contributed by atoms with Crippen molar-refractivity contribution in [1.82, 2.24) is 10.2 Å². The van der Waals surface area contributed by atoms with Crippen molar-refractivity contribution in [3.63, 3.8) is 0 Å². The summed E-state index contributed by atoms with van der Waals surface area (Å²) in [4.78, 5) is 35.6. The zero-order valence-electron chi connectivity index (χ0n) is 9.53. The van der Waals surface area contributed by atoms with Crippen molar-refractivity contribution >= 4 is 17.7 Å². The van der Waals surface area contributed by atoms with Crippen LogP contribution in [0, 0.1) is 0 Å². The number of carbonyl (C=O) groups is 3. The third kappa shape index (κ3) is 2.57. The van der Waals surface area contributed by atoms with Crippen LogP contribution in [0.3, 0.4) is 0 Å². The summed E-state index contributed by atoms with van der Waals surface area (Å²) in [6.07, 6.45) is 1.34. The Hall–Kier alpha value is -1.43. The molecule has 1 heterocycles. The predicted octanol–water partition coefficient (Wildman–Crippen LogP) is -1.01. The molecule has 1 fully saturated rings. The average molecular weight is 227 g/mol. The van der Waals surface area contributed by atoms with E-state index >= 15 is 0 Å². The van der Waals surface area contributed by atoms with Crippen molar-refractivity contribution < 1.29 is 14.4 Å². The van der Waals surface area contributed by atoms with E-state index in [4.69, 9.17) is 5.73 Å². The number of rotatable bonds is 3. The van der Waals surface area contributed by atoms with E-state index in [1.807, 2.05) is 6.92 Å². The molecule has 0 saturated carbocycles. The number of hydrogen-bond donors (Lipinski definition) is 2. The van der Waals surface area contributed by atoms with Crippen LogP contribution in [0.15, 0.2) is 0 Å². The minimum absolute atomic E-state index is 0.0941. The summed E-state index contributed by atoms with van der Waals surface area (Å²) >= 11 is 0. The zero-order chi connectivity index (χ0) is 12.3. The second-order valence-corrected chi connectivity index (χ2v) is 3.95. The van der Waals surface area contributed by atoms with Gasteiger partial charge in [-0.2, -0.15) is 0 Å². The number of imide groups is 1. The van der Waals surface area contributed by atoms with Crippen molar-refractivity contribution in [2.75, 3.05) is 6.54 Å². The molecule has 6 heteroatoms. The fourth-order valence-electron chi connectivity index (χ4n) is 1.63. The van der Waals surface area contributed by atoms with Crippen LogP contribution in [-0.2, 0) is 14.4 Å². The second kappa shape index (κ2) is 5.07. The van der Waals surface area contributed by atoms with Crippen molar-refractivity contribution in [3.8, 4) is 0 Å². The van der Waals surface area contributed by atoms with Gasteiger partial charge in [0.05, 0.1) is 6.04 Å². The normalized spacial score (nSPS) is 22.9. The maximum absolute atomic E-state index is 11.9. The quantitative estimate of drug-likeness (QED) is 0.604. The Labute approximate surface area is 94.2 Å². The molecule has 1 rings (SSSR count). The molecule has 1 saturated heterocycles. The topological polar surface area (TPSA) is 92.5 Å². The molecule has 16 heavy (non-hydrogen) atoms. The molecular formula is C10H17N3O3. The number of amides is 3. The van der Waals surface area contributed by atoms with Gasteiger partial charge in [-0.25, -0.2) is 0 Å². The number of carbonyl (C=O) groups excluding carboxylic acids is 3. The first-order valence-corrected chi connectivity index (χ1v) is 5.37. The van der Waals surface area contributed by atoms with Gasteiger partial charge in [0.15, 0.2) is 0 Å². The van der Waals surface area contributed by atoms with E-state index in [9.17, 15) is 14.4 Å². The van der Waals surface area contributed by atoms with E-state index in [-0.39, 0.29) is 12.5 Å². The van der Waals surface area contributed by atoms with Crippen molar-refractivity contribution in [2.45, 2.75) is 38.8 Å². The lowest BCUT2D eigenvalue weighted by Gasteiger charge is -2.33. The summed E-state index contributed by atoms with van der Waals surface area (Å²) in [6.45, 7) is 3.41. The SMILES string of the molecule is CCCC(N)C(=O)N1CC(=O)NC(=O)C1C. The summed E-state index contributed by atoms with van der Waals surface area (Å²) in [5.74, 6) is -1.24. The average Bonchev–Trinajstić information content (AvgIpc) is 2.22. The van der Waals surface area contributed by atoms with Gasteiger partial charge in [0, 0.05) is 0 Å². The van der Waals surface area contributed by atoms with Gasteiger partial charge in [-0.05, 0) is 13.3 Å². The molecule has 90 valence electrons. The third-order valence-electron chi connectivity index (χ3n) is 2.62. The number of hydrogen-bond acceptors (Lipinski definition) is 4. The Morgan fingerprint density at radius 1 is 1.62 bits per heavy atom. The molecule has 2 unspecified atom stereocenters. The summed E-state index contributed by atoms with van der Waals surface area (Å²) in [7, 11) is 0. The van der Waals surface area contributed by atoms with Crippen molar-refractivity contribution in [1.29, 1.82) is 0 Å². The highest BCUT2D eigenvalue weighted by Gasteiger charge is 2.35. The van der Waals surface area contributed by atoms with Gasteiger partial charge < -0.3 is 10.6 Å². The zero-order valence-corrected chi connectivity index (χ0v) is 9.53. The maximum atomic E-state index is 11.9. The largest absolute Gasteiger partial charge is 0.320 e. The van der Waals surface area contributed by atoms with Gasteiger partial charge in [-0.15, -0.1) is 0 Å². The molecular weight excluding hydrogens is 210 g/mol. The van der Waals surface area contributed by atoms with E-state index < -0.39 is 23.9 Å². The van der Waals surface area contributed by atoms with Crippen LogP contribution in [0.1, 0.15) is 26.7 Å². The van der Waals surface area contributed by atoms with Gasteiger partial charge in [0.25, 0.3) is 0 Å². The highest BCUT2D eigenvalue weighted by Crippen LogP contribution is 2.08. The van der Waals surface area contributed by atoms with Gasteiger partial charge in [-0.3, -0.25) is 19.7 Å². The molecule has 0 spiro atoms. The number of nitrogens with two attached hydrogens (primary N) is 1. The molecule has 1 aliphatic heterocycles. The molecule has 0 bridgehead atoms. The first kappa shape index (κ1) is 12.6. The Balaban J connectivity index is 2.73. The Morgan fingerprint density at radius 3 is 2.81 bits per heavy atom. The van der Waals surface area contributed by atoms with Crippen LogP contribution in [0.2, 0.25) is 0 Å². The summed E-state index contributed by atoms with van der Waals surface area (Å²) < 4.78 is 0. The molecule has 0 aromatic rings. The van der Waals surface area contributed by atoms with Crippen LogP contribution >= 0.6 is 0 Å². The van der Waals surface area contributed by atoms with Crippen LogP contribution < -0.4 is 11.1 Å². The Bertz CT molecular complexity index is 316. The lowest BCUT2D eigenvalue weighted by molar-refractivity contribution is -0.150. The van der Waals surface area contributed by atoms with E-state index in [1.165, 1.54) is 4.90 Å². The van der Waals surface area contributed by atoms with Gasteiger partial charge in [0.2, 0.25) is 17.7 Å². The first-order chi connectivity index (χ1) is 7.47. The minimum Gasteiger partial charge on any atom is -0.320 e. The highest BCUT2D eigenvalue weighted by atomic mass is 16.2. The van der Waals surface area contributed by atoms with Gasteiger partial charge in [-0.1, -0.05) is 13.3 Å². The first-order valence-electron chi connectivity index (χ1n) is 5.37. The third-order valence-corrected chi connectivity index (χ3v) is 2.62. The predicted molar refractivity (Wildman–Crippen MR) is 57.2 cm³/mol. The monoisotopic (exact) mass is 227 g/mol. The van der Waals surface area contributed by atoms with Crippen molar-refractivity contribution in [3.05, 3.63) is 0 Å². The van der Waals surface area contributed by atoms with Gasteiger partial charge in [0.1, 0.15) is 12.6 Å². The standard InChI is InChI=1S/C10H17N3O3/c1-3-4-7(11)10(16)13-5-8(14)12-9(15)6(13)2/h6-7H,3-5,11H2,1-2H3,(H,12,14,15). The molecule has 3 amide bonds. The van der Waals surface area contributed by atoms with Crippen LogP contribution in [0.25, 0.3) is 0 Å². The van der Waals surface area contributed by atoms with E-state index in [0.29, 0.717) is 6.42 Å². The minimum atomic E-state index is -0.633. The molecule has 0 radical (unpaired) electrons. The highest BCUT2D eigenvalue weighted by molar-refractivity contribution is 6.04. The van der Waals surface area contributed by atoms with Crippen LogP contribution in [0.4, 0.5) is 0 Å². The summed E-state index contributed by atoms with van der Waals surface area (Å²) in [5, 5.41) is 2.17. The van der Waals surface area contributed by atoms with Crippen LogP contribution in [-0.4, -0.2) is 41.2 Å². The van der Waals surface area contributed by atoms with E-state index in [1.54, 1.807) is 6.92 Å². The molecule has 1 aliphatic rings. The van der Waals surface area contributed by atoms with E-state index in [2.05, 4.69) is 5.32 Å². The second-order valence-electron chi connectivity index (χ2n) is 3.95. The lowest BCUT2D eigenvalue weighted by Crippen LogP contribution is -2.61. The molecule has 6 nitrogen and oxygen atoms in total. The molecule has 3 N–H and O–H groups in total. The Kier molecular flexibility index (Phi) is 4.00. The van der Waals surface area contributed by atoms with Crippen LogP contribution in [0.5, 0.6) is 0 Å².